The standard InChI is InChI=1S/C14H20N4/c1-4-8-18(9-5-1)14-10-13(15-11-16-14)17-12-6-2-3-7-12/h2-3,10-12H,1,4-9H2,(H,15,16,17). The zero-order chi connectivity index (χ0) is 12.2. The van der Waals surface area contributed by atoms with Gasteiger partial charge in [-0.1, -0.05) is 12.2 Å². The molecular formula is C14H20N4. The molecular weight excluding hydrogens is 224 g/mol. The first-order valence-corrected chi connectivity index (χ1v) is 6.90. The summed E-state index contributed by atoms with van der Waals surface area (Å²) in [7, 11) is 0. The van der Waals surface area contributed by atoms with Gasteiger partial charge in [0, 0.05) is 25.2 Å². The van der Waals surface area contributed by atoms with E-state index in [1.54, 1.807) is 6.33 Å². The van der Waals surface area contributed by atoms with Crippen molar-refractivity contribution >= 4 is 11.6 Å². The lowest BCUT2D eigenvalue weighted by Gasteiger charge is -2.27. The van der Waals surface area contributed by atoms with Gasteiger partial charge < -0.3 is 10.2 Å². The van der Waals surface area contributed by atoms with Gasteiger partial charge in [0.1, 0.15) is 18.0 Å². The van der Waals surface area contributed by atoms with Crippen LogP contribution in [0.2, 0.25) is 0 Å². The van der Waals surface area contributed by atoms with Crippen molar-refractivity contribution in [2.45, 2.75) is 38.1 Å². The van der Waals surface area contributed by atoms with E-state index in [1.807, 2.05) is 0 Å². The van der Waals surface area contributed by atoms with Crippen molar-refractivity contribution in [2.75, 3.05) is 23.3 Å². The first kappa shape index (κ1) is 11.5. The average Bonchev–Trinajstić information content (AvgIpc) is 2.93. The van der Waals surface area contributed by atoms with E-state index in [1.165, 1.54) is 19.3 Å². The molecule has 2 aliphatic rings. The number of anilines is 2. The van der Waals surface area contributed by atoms with Gasteiger partial charge in [0.15, 0.2) is 0 Å². The fourth-order valence-corrected chi connectivity index (χ4v) is 2.67. The Balaban J connectivity index is 1.67. The second-order valence-corrected chi connectivity index (χ2v) is 5.09. The fraction of sp³-hybridized carbons (Fsp3) is 0.571. The summed E-state index contributed by atoms with van der Waals surface area (Å²) in [5.74, 6) is 2.03. The molecule has 1 fully saturated rings. The molecule has 0 unspecified atom stereocenters. The molecule has 0 spiro atoms. The third-order valence-corrected chi connectivity index (χ3v) is 3.69. The topological polar surface area (TPSA) is 41.0 Å². The predicted octanol–water partition coefficient (Wildman–Crippen LogP) is 2.60. The molecule has 1 aromatic heterocycles. The van der Waals surface area contributed by atoms with E-state index >= 15 is 0 Å². The summed E-state index contributed by atoms with van der Waals surface area (Å²) >= 11 is 0. The van der Waals surface area contributed by atoms with Crippen molar-refractivity contribution in [1.82, 2.24) is 9.97 Å². The maximum atomic E-state index is 4.40. The molecule has 1 saturated heterocycles. The first-order chi connectivity index (χ1) is 8.92. The largest absolute Gasteiger partial charge is 0.367 e. The highest BCUT2D eigenvalue weighted by molar-refractivity contribution is 5.49. The molecule has 1 aliphatic carbocycles. The lowest BCUT2D eigenvalue weighted by molar-refractivity contribution is 0.573. The fourth-order valence-electron chi connectivity index (χ4n) is 2.67. The van der Waals surface area contributed by atoms with Crippen LogP contribution in [0.25, 0.3) is 0 Å². The number of nitrogens with one attached hydrogen (secondary N) is 1. The minimum atomic E-state index is 0.508. The quantitative estimate of drug-likeness (QED) is 0.830. The average molecular weight is 244 g/mol. The summed E-state index contributed by atoms with van der Waals surface area (Å²) in [4.78, 5) is 11.1. The molecule has 4 heteroatoms. The Bertz CT molecular complexity index is 416. The van der Waals surface area contributed by atoms with Gasteiger partial charge in [-0.2, -0.15) is 0 Å². The SMILES string of the molecule is C1=CCC(Nc2cc(N3CCCCC3)ncn2)C1. The normalized spacial score (nSPS) is 20.3. The lowest BCUT2D eigenvalue weighted by atomic mass is 10.1. The highest BCUT2D eigenvalue weighted by Crippen LogP contribution is 2.21. The molecule has 18 heavy (non-hydrogen) atoms. The van der Waals surface area contributed by atoms with Gasteiger partial charge in [0.05, 0.1) is 0 Å². The Kier molecular flexibility index (Phi) is 3.44. The minimum absolute atomic E-state index is 0.508. The molecule has 0 saturated carbocycles. The number of nitrogens with zero attached hydrogens (tertiary/aromatic N) is 3. The van der Waals surface area contributed by atoms with E-state index in [0.717, 1.165) is 37.6 Å². The van der Waals surface area contributed by atoms with Crippen molar-refractivity contribution in [3.63, 3.8) is 0 Å². The molecule has 3 rings (SSSR count). The summed E-state index contributed by atoms with van der Waals surface area (Å²) in [6.45, 7) is 2.25. The van der Waals surface area contributed by atoms with Crippen molar-refractivity contribution in [3.05, 3.63) is 24.5 Å². The number of hydrogen-bond donors (Lipinski definition) is 1. The molecule has 0 aromatic carbocycles. The third kappa shape index (κ3) is 2.63. The van der Waals surface area contributed by atoms with Crippen LogP contribution in [-0.2, 0) is 0 Å². The van der Waals surface area contributed by atoms with Gasteiger partial charge in [0.25, 0.3) is 0 Å². The van der Waals surface area contributed by atoms with Crippen molar-refractivity contribution in [3.8, 4) is 0 Å². The van der Waals surface area contributed by atoms with E-state index in [9.17, 15) is 0 Å². The Labute approximate surface area is 108 Å². The molecule has 2 heterocycles. The Morgan fingerprint density at radius 2 is 1.83 bits per heavy atom. The van der Waals surface area contributed by atoms with E-state index in [2.05, 4.69) is 38.4 Å². The smallest absolute Gasteiger partial charge is 0.134 e. The zero-order valence-corrected chi connectivity index (χ0v) is 10.7. The van der Waals surface area contributed by atoms with Crippen molar-refractivity contribution in [1.29, 1.82) is 0 Å². The van der Waals surface area contributed by atoms with Crippen molar-refractivity contribution in [2.24, 2.45) is 0 Å². The predicted molar refractivity (Wildman–Crippen MR) is 73.9 cm³/mol. The molecule has 1 aliphatic heterocycles. The third-order valence-electron chi connectivity index (χ3n) is 3.69. The highest BCUT2D eigenvalue weighted by Gasteiger charge is 2.14. The van der Waals surface area contributed by atoms with Crippen LogP contribution in [0.15, 0.2) is 24.5 Å². The van der Waals surface area contributed by atoms with E-state index in [-0.39, 0.29) is 0 Å². The lowest BCUT2D eigenvalue weighted by Crippen LogP contribution is -2.30. The summed E-state index contributed by atoms with van der Waals surface area (Å²) in [6.07, 6.45) is 12.2. The van der Waals surface area contributed by atoms with Gasteiger partial charge in [-0.15, -0.1) is 0 Å². The highest BCUT2D eigenvalue weighted by atomic mass is 15.2. The molecule has 0 amide bonds. The Morgan fingerprint density at radius 1 is 1.06 bits per heavy atom. The van der Waals surface area contributed by atoms with Crippen LogP contribution in [0.1, 0.15) is 32.1 Å². The molecule has 4 nitrogen and oxygen atoms in total. The summed E-state index contributed by atoms with van der Waals surface area (Å²) in [6, 6.07) is 2.60. The molecule has 1 N–H and O–H groups in total. The van der Waals surface area contributed by atoms with E-state index < -0.39 is 0 Å². The van der Waals surface area contributed by atoms with Crippen LogP contribution < -0.4 is 10.2 Å². The second kappa shape index (κ2) is 5.38. The molecule has 0 atom stereocenters. The van der Waals surface area contributed by atoms with Gasteiger partial charge in [0.2, 0.25) is 0 Å². The van der Waals surface area contributed by atoms with Crippen LogP contribution in [-0.4, -0.2) is 29.1 Å². The molecule has 0 bridgehead atoms. The van der Waals surface area contributed by atoms with E-state index in [4.69, 9.17) is 0 Å². The number of hydrogen-bond acceptors (Lipinski definition) is 4. The monoisotopic (exact) mass is 244 g/mol. The Hall–Kier alpha value is -1.58. The summed E-state index contributed by atoms with van der Waals surface area (Å²) < 4.78 is 0. The van der Waals surface area contributed by atoms with Crippen molar-refractivity contribution < 1.29 is 0 Å². The van der Waals surface area contributed by atoms with Crippen LogP contribution in [0.4, 0.5) is 11.6 Å². The van der Waals surface area contributed by atoms with Crippen LogP contribution >= 0.6 is 0 Å². The zero-order valence-electron chi connectivity index (χ0n) is 10.7. The van der Waals surface area contributed by atoms with Crippen LogP contribution in [0.5, 0.6) is 0 Å². The summed E-state index contributed by atoms with van der Waals surface area (Å²) in [5, 5.41) is 3.48. The number of aromatic nitrogens is 2. The maximum absolute atomic E-state index is 4.40. The minimum Gasteiger partial charge on any atom is -0.367 e. The molecule has 96 valence electrons. The van der Waals surface area contributed by atoms with Gasteiger partial charge in [-0.25, -0.2) is 9.97 Å². The van der Waals surface area contributed by atoms with Crippen LogP contribution in [0.3, 0.4) is 0 Å². The molecule has 0 radical (unpaired) electrons. The van der Waals surface area contributed by atoms with E-state index in [0.29, 0.717) is 6.04 Å². The summed E-state index contributed by atoms with van der Waals surface area (Å²) in [5.41, 5.74) is 0. The number of rotatable bonds is 3. The van der Waals surface area contributed by atoms with Gasteiger partial charge in [-0.3, -0.25) is 0 Å². The Morgan fingerprint density at radius 3 is 2.61 bits per heavy atom. The first-order valence-electron chi connectivity index (χ1n) is 6.90. The van der Waals surface area contributed by atoms with Crippen LogP contribution in [0, 0.1) is 0 Å². The second-order valence-electron chi connectivity index (χ2n) is 5.09. The van der Waals surface area contributed by atoms with Gasteiger partial charge in [-0.05, 0) is 32.1 Å². The maximum Gasteiger partial charge on any atom is 0.134 e. The number of piperidine rings is 1. The molecule has 1 aromatic rings. The van der Waals surface area contributed by atoms with Gasteiger partial charge >= 0.3 is 0 Å².